The van der Waals surface area contributed by atoms with Crippen LogP contribution in [0.3, 0.4) is 0 Å². The predicted molar refractivity (Wildman–Crippen MR) is 107 cm³/mol. The molecule has 2 amide bonds. The molecule has 0 fully saturated rings. The summed E-state index contributed by atoms with van der Waals surface area (Å²) in [6, 6.07) is 8.83. The quantitative estimate of drug-likeness (QED) is 0.637. The molecule has 1 aliphatic heterocycles. The number of aromatic nitrogens is 1. The molecule has 1 N–H and O–H groups in total. The number of carbonyl (C=O) groups is 3. The van der Waals surface area contributed by atoms with Crippen molar-refractivity contribution in [2.45, 2.75) is 34.2 Å². The van der Waals surface area contributed by atoms with Crippen LogP contribution in [-0.2, 0) is 16.1 Å². The summed E-state index contributed by atoms with van der Waals surface area (Å²) >= 11 is 0. The molecular formula is C22H24N2O4. The van der Waals surface area contributed by atoms with E-state index in [1.54, 1.807) is 30.3 Å². The maximum atomic E-state index is 13.0. The maximum Gasteiger partial charge on any atom is 0.323 e. The summed E-state index contributed by atoms with van der Waals surface area (Å²) in [7, 11) is 0. The number of hydrogen-bond acceptors (Lipinski definition) is 3. The van der Waals surface area contributed by atoms with Crippen LogP contribution in [0.4, 0.5) is 0 Å². The van der Waals surface area contributed by atoms with Gasteiger partial charge >= 0.3 is 5.97 Å². The maximum absolute atomic E-state index is 13.0. The largest absolute Gasteiger partial charge is 0.480 e. The zero-order valence-electron chi connectivity index (χ0n) is 16.5. The molecular weight excluding hydrogens is 356 g/mol. The van der Waals surface area contributed by atoms with Gasteiger partial charge < -0.3 is 9.67 Å². The Morgan fingerprint density at radius 1 is 1.11 bits per heavy atom. The van der Waals surface area contributed by atoms with Gasteiger partial charge in [0.1, 0.15) is 6.54 Å². The Morgan fingerprint density at radius 2 is 1.75 bits per heavy atom. The highest BCUT2D eigenvalue weighted by Gasteiger charge is 2.35. The van der Waals surface area contributed by atoms with Crippen molar-refractivity contribution in [3.63, 3.8) is 0 Å². The third-order valence-electron chi connectivity index (χ3n) is 4.92. The number of rotatable bonds is 5. The third kappa shape index (κ3) is 3.50. The Balaban J connectivity index is 2.14. The van der Waals surface area contributed by atoms with Gasteiger partial charge in [0.15, 0.2) is 0 Å². The molecule has 1 aromatic carbocycles. The Morgan fingerprint density at radius 3 is 2.36 bits per heavy atom. The highest BCUT2D eigenvalue weighted by atomic mass is 16.4. The second-order valence-electron chi connectivity index (χ2n) is 7.52. The number of carbonyl (C=O) groups excluding carboxylic acids is 2. The van der Waals surface area contributed by atoms with E-state index in [0.717, 1.165) is 28.4 Å². The fourth-order valence-corrected chi connectivity index (χ4v) is 3.60. The molecule has 0 bridgehead atoms. The molecule has 0 atom stereocenters. The number of fused-ring (bicyclic) bond motifs is 1. The van der Waals surface area contributed by atoms with E-state index >= 15 is 0 Å². The summed E-state index contributed by atoms with van der Waals surface area (Å²) < 4.78 is 2.20. The van der Waals surface area contributed by atoms with Crippen LogP contribution in [0.2, 0.25) is 0 Å². The molecule has 0 saturated carbocycles. The minimum atomic E-state index is -1.23. The number of amides is 2. The lowest BCUT2D eigenvalue weighted by Crippen LogP contribution is -2.44. The summed E-state index contributed by atoms with van der Waals surface area (Å²) in [6.07, 6.45) is 1.77. The van der Waals surface area contributed by atoms with Crippen LogP contribution in [-0.4, -0.2) is 38.9 Å². The summed E-state index contributed by atoms with van der Waals surface area (Å²) in [5.41, 5.74) is 4.22. The summed E-state index contributed by atoms with van der Waals surface area (Å²) in [5.74, 6) is -1.91. The number of carboxylic acids is 1. The number of imide groups is 1. The van der Waals surface area contributed by atoms with Crippen molar-refractivity contribution in [3.05, 3.63) is 58.4 Å². The zero-order valence-corrected chi connectivity index (χ0v) is 16.5. The first kappa shape index (κ1) is 19.6. The van der Waals surface area contributed by atoms with Crippen molar-refractivity contribution in [1.29, 1.82) is 0 Å². The SMILES string of the molecule is Cc1cc(/C=C2\C(=O)N(CC(=O)O)C(=O)c3ccccc32)c(C)n1CC(C)C. The Bertz CT molecular complexity index is 998. The van der Waals surface area contributed by atoms with Crippen LogP contribution < -0.4 is 0 Å². The summed E-state index contributed by atoms with van der Waals surface area (Å²) in [4.78, 5) is 37.6. The van der Waals surface area contributed by atoms with Crippen LogP contribution in [0.15, 0.2) is 30.3 Å². The molecule has 28 heavy (non-hydrogen) atoms. The molecule has 6 nitrogen and oxygen atoms in total. The Hall–Kier alpha value is -3.15. The van der Waals surface area contributed by atoms with Gasteiger partial charge in [-0.05, 0) is 49.1 Å². The molecule has 146 valence electrons. The van der Waals surface area contributed by atoms with E-state index in [0.29, 0.717) is 22.6 Å². The lowest BCUT2D eigenvalue weighted by Gasteiger charge is -2.27. The van der Waals surface area contributed by atoms with Gasteiger partial charge in [0, 0.05) is 29.1 Å². The molecule has 2 heterocycles. The van der Waals surface area contributed by atoms with Crippen LogP contribution in [0, 0.1) is 19.8 Å². The minimum absolute atomic E-state index is 0.334. The van der Waals surface area contributed by atoms with E-state index < -0.39 is 24.3 Å². The van der Waals surface area contributed by atoms with E-state index in [2.05, 4.69) is 18.4 Å². The van der Waals surface area contributed by atoms with Gasteiger partial charge in [-0.15, -0.1) is 0 Å². The molecule has 1 aromatic heterocycles. The van der Waals surface area contributed by atoms with Crippen molar-refractivity contribution in [1.82, 2.24) is 9.47 Å². The van der Waals surface area contributed by atoms with Crippen molar-refractivity contribution in [2.24, 2.45) is 5.92 Å². The Kier molecular flexibility index (Phi) is 5.23. The molecule has 2 aromatic rings. The lowest BCUT2D eigenvalue weighted by atomic mass is 9.92. The molecule has 0 radical (unpaired) electrons. The van der Waals surface area contributed by atoms with Crippen LogP contribution in [0.5, 0.6) is 0 Å². The van der Waals surface area contributed by atoms with Crippen molar-refractivity contribution in [2.75, 3.05) is 6.54 Å². The molecule has 0 unspecified atom stereocenters. The normalized spacial score (nSPS) is 15.5. The number of aryl methyl sites for hydroxylation is 1. The third-order valence-corrected chi connectivity index (χ3v) is 4.92. The molecule has 0 saturated heterocycles. The van der Waals surface area contributed by atoms with Crippen molar-refractivity contribution in [3.8, 4) is 0 Å². The van der Waals surface area contributed by atoms with Crippen LogP contribution in [0.25, 0.3) is 11.6 Å². The highest BCUT2D eigenvalue weighted by molar-refractivity contribution is 6.34. The summed E-state index contributed by atoms with van der Waals surface area (Å²) in [5, 5.41) is 9.12. The molecule has 0 spiro atoms. The summed E-state index contributed by atoms with van der Waals surface area (Å²) in [6.45, 7) is 8.53. The van der Waals surface area contributed by atoms with E-state index in [1.165, 1.54) is 0 Å². The first-order valence-electron chi connectivity index (χ1n) is 9.26. The average Bonchev–Trinajstić information content (AvgIpc) is 2.89. The van der Waals surface area contributed by atoms with Gasteiger partial charge in [0.2, 0.25) is 0 Å². The molecule has 0 aliphatic carbocycles. The number of aliphatic carboxylic acids is 1. The van der Waals surface area contributed by atoms with Crippen LogP contribution in [0.1, 0.15) is 46.7 Å². The number of hydrogen-bond donors (Lipinski definition) is 1. The first-order chi connectivity index (χ1) is 13.2. The molecule has 3 rings (SSSR count). The number of benzene rings is 1. The first-order valence-corrected chi connectivity index (χ1v) is 9.26. The lowest BCUT2D eigenvalue weighted by molar-refractivity contribution is -0.141. The fraction of sp³-hybridized carbons (Fsp3) is 0.318. The monoisotopic (exact) mass is 380 g/mol. The van der Waals surface area contributed by atoms with Gasteiger partial charge in [0.25, 0.3) is 11.8 Å². The van der Waals surface area contributed by atoms with Gasteiger partial charge in [-0.2, -0.15) is 0 Å². The van der Waals surface area contributed by atoms with Crippen molar-refractivity contribution < 1.29 is 19.5 Å². The van der Waals surface area contributed by atoms with Gasteiger partial charge in [-0.3, -0.25) is 19.3 Å². The zero-order chi connectivity index (χ0) is 20.6. The van der Waals surface area contributed by atoms with E-state index in [1.807, 2.05) is 19.9 Å². The second kappa shape index (κ2) is 7.46. The van der Waals surface area contributed by atoms with Crippen LogP contribution >= 0.6 is 0 Å². The van der Waals surface area contributed by atoms with E-state index in [9.17, 15) is 14.4 Å². The smallest absolute Gasteiger partial charge is 0.323 e. The molecule has 6 heteroatoms. The van der Waals surface area contributed by atoms with Gasteiger partial charge in [0.05, 0.1) is 0 Å². The number of carboxylic acid groups (broad SMARTS) is 1. The molecule has 1 aliphatic rings. The second-order valence-corrected chi connectivity index (χ2v) is 7.52. The van der Waals surface area contributed by atoms with Gasteiger partial charge in [-0.1, -0.05) is 32.0 Å². The predicted octanol–water partition coefficient (Wildman–Crippen LogP) is 3.37. The minimum Gasteiger partial charge on any atom is -0.480 e. The highest BCUT2D eigenvalue weighted by Crippen LogP contribution is 2.31. The van der Waals surface area contributed by atoms with Crippen molar-refractivity contribution >= 4 is 29.4 Å². The topological polar surface area (TPSA) is 79.6 Å². The van der Waals surface area contributed by atoms with Gasteiger partial charge in [-0.25, -0.2) is 0 Å². The average molecular weight is 380 g/mol. The fourth-order valence-electron chi connectivity index (χ4n) is 3.60. The standard InChI is InChI=1S/C22H24N2O4/c1-13(2)11-23-14(3)9-16(15(23)4)10-19-17-7-5-6-8-18(17)21(27)24(22(19)28)12-20(25)26/h5-10,13H,11-12H2,1-4H3,(H,25,26)/b19-10-. The van der Waals surface area contributed by atoms with E-state index in [-0.39, 0.29) is 0 Å². The number of nitrogens with zero attached hydrogens (tertiary/aromatic N) is 2. The Labute approximate surface area is 164 Å². The van der Waals surface area contributed by atoms with E-state index in [4.69, 9.17) is 5.11 Å².